The highest BCUT2D eigenvalue weighted by Crippen LogP contribution is 2.36. The lowest BCUT2D eigenvalue weighted by molar-refractivity contribution is 0.107. The third kappa shape index (κ3) is 6.77. The van der Waals surface area contributed by atoms with Crippen molar-refractivity contribution in [3.8, 4) is 11.5 Å². The molecule has 2 heterocycles. The van der Waals surface area contributed by atoms with Crippen molar-refractivity contribution in [3.63, 3.8) is 0 Å². The van der Waals surface area contributed by atoms with E-state index in [1.54, 1.807) is 12.0 Å². The van der Waals surface area contributed by atoms with Crippen LogP contribution < -0.4 is 9.47 Å². The minimum absolute atomic E-state index is 0.169. The molecule has 2 aliphatic rings. The van der Waals surface area contributed by atoms with E-state index in [1.807, 2.05) is 18.2 Å². The summed E-state index contributed by atoms with van der Waals surface area (Å²) in [5.74, 6) is 1.94. The predicted octanol–water partition coefficient (Wildman–Crippen LogP) is 4.43. The Kier molecular flexibility index (Phi) is 8.25. The number of nitrogens with zero attached hydrogens (tertiary/aromatic N) is 1. The number of allylic oxidation sites excluding steroid dienone is 2. The first-order chi connectivity index (χ1) is 15.3. The van der Waals surface area contributed by atoms with Crippen molar-refractivity contribution in [2.45, 2.75) is 44.9 Å². The number of amides is 1. The molecule has 0 aromatic heterocycles. The van der Waals surface area contributed by atoms with Crippen LogP contribution in [-0.4, -0.2) is 64.4 Å². The van der Waals surface area contributed by atoms with Gasteiger partial charge in [-0.2, -0.15) is 0 Å². The lowest BCUT2D eigenvalue weighted by Gasteiger charge is -2.25. The molecule has 0 saturated heterocycles. The third-order valence-corrected chi connectivity index (χ3v) is 7.32. The van der Waals surface area contributed by atoms with Gasteiger partial charge in [0.15, 0.2) is 11.5 Å². The van der Waals surface area contributed by atoms with E-state index in [1.165, 1.54) is 0 Å². The second-order valence-electron chi connectivity index (χ2n) is 9.36. The number of hydrogen-bond donors (Lipinski definition) is 1. The van der Waals surface area contributed by atoms with Crippen LogP contribution in [0.3, 0.4) is 0 Å². The maximum absolute atomic E-state index is 12.8. The van der Waals surface area contributed by atoms with E-state index in [0.29, 0.717) is 31.9 Å². The standard InChI is InChI=1S/C24H35NO6Si/c1-28-21(16-26)13-18-6-5-8-25(24(27)29-10-11-32(2,3)4)9-7-19-14-22-23(31-17-30-22)15-20(19)12-18/h12-15,26H,5-11,16-17H2,1-4H3/b18-12+,21-13+. The van der Waals surface area contributed by atoms with Gasteiger partial charge >= 0.3 is 6.09 Å². The van der Waals surface area contributed by atoms with E-state index in [9.17, 15) is 9.90 Å². The summed E-state index contributed by atoms with van der Waals surface area (Å²) in [7, 11) is 0.285. The highest BCUT2D eigenvalue weighted by molar-refractivity contribution is 6.76. The molecule has 0 fully saturated rings. The first-order valence-corrected chi connectivity index (χ1v) is 14.9. The zero-order valence-electron chi connectivity index (χ0n) is 19.6. The van der Waals surface area contributed by atoms with E-state index in [-0.39, 0.29) is 19.5 Å². The maximum atomic E-state index is 12.8. The molecular weight excluding hydrogens is 426 g/mol. The molecule has 0 unspecified atom stereocenters. The quantitative estimate of drug-likeness (QED) is 0.499. The Balaban J connectivity index is 1.83. The van der Waals surface area contributed by atoms with Crippen LogP contribution in [-0.2, 0) is 15.9 Å². The van der Waals surface area contributed by atoms with Crippen LogP contribution in [0, 0.1) is 0 Å². The molecule has 1 N–H and O–H groups in total. The number of benzene rings is 1. The number of aliphatic hydroxyl groups excluding tert-OH is 1. The van der Waals surface area contributed by atoms with Gasteiger partial charge in [-0.05, 0) is 60.2 Å². The smallest absolute Gasteiger partial charge is 0.409 e. The van der Waals surface area contributed by atoms with Crippen molar-refractivity contribution in [1.82, 2.24) is 4.90 Å². The zero-order valence-corrected chi connectivity index (χ0v) is 20.6. The summed E-state index contributed by atoms with van der Waals surface area (Å²) < 4.78 is 22.0. The summed E-state index contributed by atoms with van der Waals surface area (Å²) >= 11 is 0. The second-order valence-corrected chi connectivity index (χ2v) is 15.0. The van der Waals surface area contributed by atoms with Crippen molar-refractivity contribution in [3.05, 3.63) is 40.7 Å². The van der Waals surface area contributed by atoms with Crippen molar-refractivity contribution < 1.29 is 28.8 Å². The van der Waals surface area contributed by atoms with Crippen LogP contribution in [0.1, 0.15) is 24.0 Å². The Morgan fingerprint density at radius 2 is 1.94 bits per heavy atom. The fourth-order valence-corrected chi connectivity index (χ4v) is 4.39. The Bertz CT molecular complexity index is 868. The van der Waals surface area contributed by atoms with Crippen molar-refractivity contribution in [2.75, 3.05) is 40.2 Å². The highest BCUT2D eigenvalue weighted by Gasteiger charge is 2.21. The van der Waals surface area contributed by atoms with Crippen LogP contribution in [0.2, 0.25) is 25.7 Å². The fourth-order valence-electron chi connectivity index (χ4n) is 3.67. The molecule has 0 bridgehead atoms. The van der Waals surface area contributed by atoms with Gasteiger partial charge in [-0.3, -0.25) is 0 Å². The molecule has 176 valence electrons. The Labute approximate surface area is 191 Å². The second kappa shape index (κ2) is 10.9. The lowest BCUT2D eigenvalue weighted by atomic mass is 9.97. The van der Waals surface area contributed by atoms with Crippen LogP contribution in [0.4, 0.5) is 4.79 Å². The van der Waals surface area contributed by atoms with E-state index in [0.717, 1.165) is 47.1 Å². The molecule has 7 nitrogen and oxygen atoms in total. The molecule has 1 amide bonds. The van der Waals surface area contributed by atoms with Crippen LogP contribution in [0.25, 0.3) is 6.08 Å². The van der Waals surface area contributed by atoms with Gasteiger partial charge in [0.2, 0.25) is 6.79 Å². The van der Waals surface area contributed by atoms with Crippen molar-refractivity contribution in [2.24, 2.45) is 0 Å². The molecule has 0 radical (unpaired) electrons. The first-order valence-electron chi connectivity index (χ1n) is 11.2. The Morgan fingerprint density at radius 1 is 1.19 bits per heavy atom. The summed E-state index contributed by atoms with van der Waals surface area (Å²) in [5.41, 5.74) is 3.11. The van der Waals surface area contributed by atoms with Gasteiger partial charge in [-0.25, -0.2) is 4.79 Å². The van der Waals surface area contributed by atoms with Crippen LogP contribution >= 0.6 is 0 Å². The molecule has 8 heteroatoms. The number of carbonyl (C=O) groups is 1. The molecule has 1 aromatic carbocycles. The minimum atomic E-state index is -1.26. The number of rotatable bonds is 6. The van der Waals surface area contributed by atoms with Crippen molar-refractivity contribution in [1.29, 1.82) is 0 Å². The molecule has 3 rings (SSSR count). The molecule has 0 aliphatic carbocycles. The van der Waals surface area contributed by atoms with Crippen molar-refractivity contribution >= 4 is 20.2 Å². The van der Waals surface area contributed by atoms with E-state index >= 15 is 0 Å². The SMILES string of the molecule is CO/C(=C/C1=C/c2cc3c(cc2CCN(C(=O)OCC[Si](C)(C)C)CCC1)OCO3)CO. The van der Waals surface area contributed by atoms with Gasteiger partial charge in [0.1, 0.15) is 12.4 Å². The summed E-state index contributed by atoms with van der Waals surface area (Å²) in [6, 6.07) is 4.93. The number of hydrogen-bond acceptors (Lipinski definition) is 6. The lowest BCUT2D eigenvalue weighted by Crippen LogP contribution is -2.35. The topological polar surface area (TPSA) is 77.5 Å². The average Bonchev–Trinajstić information content (AvgIpc) is 3.20. The Morgan fingerprint density at radius 3 is 2.62 bits per heavy atom. The minimum Gasteiger partial charge on any atom is -0.499 e. The van der Waals surface area contributed by atoms with Gasteiger partial charge in [-0.15, -0.1) is 0 Å². The highest BCUT2D eigenvalue weighted by atomic mass is 28.3. The molecule has 0 spiro atoms. The number of ether oxygens (including phenoxy) is 4. The van der Waals surface area contributed by atoms with Crippen LogP contribution in [0.15, 0.2) is 29.5 Å². The van der Waals surface area contributed by atoms with Gasteiger partial charge in [0, 0.05) is 21.2 Å². The largest absolute Gasteiger partial charge is 0.499 e. The first kappa shape index (κ1) is 24.2. The summed E-state index contributed by atoms with van der Waals surface area (Å²) in [6.45, 7) is 8.52. The molecule has 32 heavy (non-hydrogen) atoms. The summed E-state index contributed by atoms with van der Waals surface area (Å²) in [4.78, 5) is 14.6. The number of methoxy groups -OCH3 is 1. The van der Waals surface area contributed by atoms with Gasteiger partial charge in [-0.1, -0.05) is 25.7 Å². The average molecular weight is 462 g/mol. The number of carbonyl (C=O) groups excluding carboxylic acids is 1. The van der Waals surface area contributed by atoms with Crippen LogP contribution in [0.5, 0.6) is 11.5 Å². The number of fused-ring (bicyclic) bond motifs is 2. The Hall–Kier alpha value is -2.45. The predicted molar refractivity (Wildman–Crippen MR) is 127 cm³/mol. The maximum Gasteiger partial charge on any atom is 0.409 e. The monoisotopic (exact) mass is 461 g/mol. The zero-order chi connectivity index (χ0) is 23.1. The van der Waals surface area contributed by atoms with E-state index < -0.39 is 8.07 Å². The third-order valence-electron chi connectivity index (χ3n) is 5.62. The molecule has 1 aromatic rings. The van der Waals surface area contributed by atoms with E-state index in [2.05, 4.69) is 25.7 Å². The normalized spacial score (nSPS) is 18.5. The summed E-state index contributed by atoms with van der Waals surface area (Å²) in [5, 5.41) is 9.54. The molecule has 0 atom stereocenters. The van der Waals surface area contributed by atoms with Gasteiger partial charge in [0.05, 0.1) is 13.7 Å². The molecule has 0 saturated carbocycles. The molecular formula is C24H35NO6Si. The molecule has 2 aliphatic heterocycles. The van der Waals surface area contributed by atoms with Gasteiger partial charge < -0.3 is 29.0 Å². The van der Waals surface area contributed by atoms with E-state index in [4.69, 9.17) is 18.9 Å². The fraction of sp³-hybridized carbons (Fsp3) is 0.542. The number of aliphatic hydroxyl groups is 1. The van der Waals surface area contributed by atoms with Gasteiger partial charge in [0.25, 0.3) is 0 Å². The summed E-state index contributed by atoms with van der Waals surface area (Å²) in [6.07, 6.45) is 5.92.